The van der Waals surface area contributed by atoms with Gasteiger partial charge in [0.25, 0.3) is 5.56 Å². The lowest BCUT2D eigenvalue weighted by atomic mass is 10.1. The van der Waals surface area contributed by atoms with E-state index in [9.17, 15) is 14.4 Å². The van der Waals surface area contributed by atoms with Crippen LogP contribution in [-0.4, -0.2) is 32.4 Å². The summed E-state index contributed by atoms with van der Waals surface area (Å²) in [4.78, 5) is 41.6. The van der Waals surface area contributed by atoms with Crippen LogP contribution < -0.4 is 11.2 Å². The van der Waals surface area contributed by atoms with Crippen LogP contribution >= 0.6 is 11.8 Å². The first-order valence-corrected chi connectivity index (χ1v) is 8.53. The highest BCUT2D eigenvalue weighted by atomic mass is 32.2. The van der Waals surface area contributed by atoms with Gasteiger partial charge in [-0.25, -0.2) is 9.78 Å². The number of aromatic nitrogens is 3. The molecular weight excluding hydrogens is 330 g/mol. The lowest BCUT2D eigenvalue weighted by Crippen LogP contribution is -2.37. The maximum atomic E-state index is 12.7. The highest BCUT2D eigenvalue weighted by Crippen LogP contribution is 2.32. The van der Waals surface area contributed by atoms with E-state index in [0.29, 0.717) is 15.9 Å². The van der Waals surface area contributed by atoms with Gasteiger partial charge >= 0.3 is 11.7 Å². The molecular formula is C16H21N3O4S. The molecule has 0 bridgehead atoms. The van der Waals surface area contributed by atoms with Crippen molar-refractivity contribution in [1.29, 1.82) is 0 Å². The molecule has 0 aliphatic heterocycles. The van der Waals surface area contributed by atoms with E-state index in [2.05, 4.69) is 4.98 Å². The first-order chi connectivity index (χ1) is 11.3. The van der Waals surface area contributed by atoms with E-state index in [1.807, 2.05) is 6.92 Å². The molecule has 0 N–H and O–H groups in total. The number of nitrogens with zero attached hydrogens (tertiary/aromatic N) is 3. The average Bonchev–Trinajstić information content (AvgIpc) is 2.58. The second kappa shape index (κ2) is 7.21. The summed E-state index contributed by atoms with van der Waals surface area (Å²) < 4.78 is 7.19. The van der Waals surface area contributed by atoms with E-state index in [1.165, 1.54) is 30.5 Å². The number of pyridine rings is 1. The number of thioether (sulfide) groups is 1. The molecule has 7 nitrogen and oxygen atoms in total. The molecule has 0 fully saturated rings. The summed E-state index contributed by atoms with van der Waals surface area (Å²) in [5.41, 5.74) is 0.377. The molecule has 0 unspecified atom stereocenters. The van der Waals surface area contributed by atoms with E-state index in [0.717, 1.165) is 23.0 Å². The number of hydrogen-bond acceptors (Lipinski definition) is 6. The Bertz CT molecular complexity index is 901. The van der Waals surface area contributed by atoms with E-state index < -0.39 is 16.5 Å². The van der Waals surface area contributed by atoms with Crippen molar-refractivity contribution in [2.75, 3.05) is 7.11 Å². The fraction of sp³-hybridized carbons (Fsp3) is 0.500. The summed E-state index contributed by atoms with van der Waals surface area (Å²) in [6.45, 7) is 3.76. The largest absolute Gasteiger partial charge is 0.468 e. The van der Waals surface area contributed by atoms with Gasteiger partial charge in [-0.3, -0.25) is 18.7 Å². The Morgan fingerprint density at radius 3 is 2.58 bits per heavy atom. The lowest BCUT2D eigenvalue weighted by molar-refractivity contribution is -0.139. The van der Waals surface area contributed by atoms with Crippen LogP contribution in [0, 0.1) is 0 Å². The van der Waals surface area contributed by atoms with Gasteiger partial charge < -0.3 is 4.74 Å². The molecule has 0 aliphatic carbocycles. The summed E-state index contributed by atoms with van der Waals surface area (Å²) in [6.07, 6.45) is 3.28. The van der Waals surface area contributed by atoms with Crippen molar-refractivity contribution in [2.24, 2.45) is 14.1 Å². The van der Waals surface area contributed by atoms with Crippen molar-refractivity contribution in [2.45, 2.75) is 36.8 Å². The molecule has 130 valence electrons. The van der Waals surface area contributed by atoms with Crippen LogP contribution in [0.1, 0.15) is 25.8 Å². The number of esters is 1. The molecule has 24 heavy (non-hydrogen) atoms. The molecule has 2 aromatic heterocycles. The Kier molecular flexibility index (Phi) is 5.48. The third kappa shape index (κ3) is 3.10. The first kappa shape index (κ1) is 18.3. The summed E-state index contributed by atoms with van der Waals surface area (Å²) >= 11 is 1.27. The molecule has 0 aliphatic rings. The Morgan fingerprint density at radius 2 is 2.00 bits per heavy atom. The van der Waals surface area contributed by atoms with Crippen molar-refractivity contribution >= 4 is 28.8 Å². The van der Waals surface area contributed by atoms with Crippen molar-refractivity contribution in [3.8, 4) is 0 Å². The number of methoxy groups -OCH3 is 1. The molecule has 0 aromatic carbocycles. The Labute approximate surface area is 143 Å². The maximum absolute atomic E-state index is 12.7. The van der Waals surface area contributed by atoms with Crippen LogP contribution in [0.2, 0.25) is 0 Å². The molecule has 8 heteroatoms. The van der Waals surface area contributed by atoms with Gasteiger partial charge in [0.1, 0.15) is 10.9 Å². The van der Waals surface area contributed by atoms with Gasteiger partial charge in [-0.05, 0) is 18.9 Å². The standard InChI is InChI=1S/C16H21N3O4S/c1-6-7-10-8-17-13-11(12(10)24-9(2)15(21)23-5)14(20)19(4)16(22)18(13)3/h8-9H,6-7H2,1-5H3/t9-/m0/s1. The molecule has 1 atom stereocenters. The van der Waals surface area contributed by atoms with Gasteiger partial charge in [0.05, 0.1) is 12.5 Å². The van der Waals surface area contributed by atoms with Gasteiger partial charge in [0.15, 0.2) is 0 Å². The number of carbonyl (C=O) groups is 1. The number of ether oxygens (including phenoxy) is 1. The van der Waals surface area contributed by atoms with E-state index in [4.69, 9.17) is 4.74 Å². The minimum Gasteiger partial charge on any atom is -0.468 e. The monoisotopic (exact) mass is 351 g/mol. The van der Waals surface area contributed by atoms with Gasteiger partial charge in [0.2, 0.25) is 0 Å². The lowest BCUT2D eigenvalue weighted by Gasteiger charge is -2.16. The van der Waals surface area contributed by atoms with Crippen molar-refractivity contribution < 1.29 is 9.53 Å². The summed E-state index contributed by atoms with van der Waals surface area (Å²) in [7, 11) is 4.35. The summed E-state index contributed by atoms with van der Waals surface area (Å²) in [5.74, 6) is -0.367. The van der Waals surface area contributed by atoms with Crippen LogP contribution in [0.15, 0.2) is 20.7 Å². The highest BCUT2D eigenvalue weighted by Gasteiger charge is 2.22. The molecule has 0 saturated carbocycles. The molecule has 0 spiro atoms. The summed E-state index contributed by atoms with van der Waals surface area (Å²) in [5, 5.41) is -0.107. The predicted molar refractivity (Wildman–Crippen MR) is 93.6 cm³/mol. The van der Waals surface area contributed by atoms with E-state index >= 15 is 0 Å². The molecule has 2 rings (SSSR count). The van der Waals surface area contributed by atoms with Crippen LogP contribution in [-0.2, 0) is 30.0 Å². The van der Waals surface area contributed by atoms with Crippen LogP contribution in [0.5, 0.6) is 0 Å². The minimum atomic E-state index is -0.474. The van der Waals surface area contributed by atoms with Gasteiger partial charge in [0, 0.05) is 25.2 Å². The topological polar surface area (TPSA) is 83.2 Å². The Hall–Kier alpha value is -2.09. The fourth-order valence-electron chi connectivity index (χ4n) is 2.51. The smallest absolute Gasteiger partial charge is 0.332 e. The van der Waals surface area contributed by atoms with Gasteiger partial charge in [-0.15, -0.1) is 11.8 Å². The normalized spacial score (nSPS) is 12.4. The minimum absolute atomic E-state index is 0.322. The predicted octanol–water partition coefficient (Wildman–Crippen LogP) is 1.24. The van der Waals surface area contributed by atoms with Crippen LogP contribution in [0.4, 0.5) is 0 Å². The molecule has 0 radical (unpaired) electrons. The molecule has 0 amide bonds. The Morgan fingerprint density at radius 1 is 1.33 bits per heavy atom. The van der Waals surface area contributed by atoms with Crippen molar-refractivity contribution in [3.63, 3.8) is 0 Å². The van der Waals surface area contributed by atoms with Gasteiger partial charge in [-0.2, -0.15) is 0 Å². The Balaban J connectivity index is 2.82. The molecule has 0 saturated heterocycles. The zero-order valence-corrected chi connectivity index (χ0v) is 15.3. The van der Waals surface area contributed by atoms with E-state index in [-0.39, 0.29) is 5.97 Å². The third-order valence-electron chi connectivity index (χ3n) is 3.84. The summed E-state index contributed by atoms with van der Waals surface area (Å²) in [6, 6.07) is 0. The number of rotatable bonds is 5. The maximum Gasteiger partial charge on any atom is 0.332 e. The zero-order valence-electron chi connectivity index (χ0n) is 14.5. The molecule has 2 aromatic rings. The SMILES string of the molecule is CCCc1cnc2c(c1S[C@@H](C)C(=O)OC)c(=O)n(C)c(=O)n2C. The second-order valence-electron chi connectivity index (χ2n) is 5.55. The van der Waals surface area contributed by atoms with Crippen LogP contribution in [0.3, 0.4) is 0 Å². The number of fused-ring (bicyclic) bond motifs is 1. The first-order valence-electron chi connectivity index (χ1n) is 7.65. The van der Waals surface area contributed by atoms with Gasteiger partial charge in [-0.1, -0.05) is 13.3 Å². The quantitative estimate of drug-likeness (QED) is 0.595. The molecule has 2 heterocycles. The zero-order chi connectivity index (χ0) is 18.0. The van der Waals surface area contributed by atoms with E-state index in [1.54, 1.807) is 20.2 Å². The fourth-order valence-corrected chi connectivity index (χ4v) is 3.66. The van der Waals surface area contributed by atoms with Crippen LogP contribution in [0.25, 0.3) is 11.0 Å². The number of carbonyl (C=O) groups excluding carboxylic acids is 1. The average molecular weight is 351 g/mol. The van der Waals surface area contributed by atoms with Crippen molar-refractivity contribution in [1.82, 2.24) is 14.1 Å². The highest BCUT2D eigenvalue weighted by molar-refractivity contribution is 8.00. The van der Waals surface area contributed by atoms with Crippen molar-refractivity contribution in [3.05, 3.63) is 32.6 Å². The number of hydrogen-bond donors (Lipinski definition) is 0. The second-order valence-corrected chi connectivity index (χ2v) is 6.90. The third-order valence-corrected chi connectivity index (χ3v) is 5.09. The number of aryl methyl sites for hydroxylation is 2.